The number of halogens is 3. The second kappa shape index (κ2) is 7.67. The van der Waals surface area contributed by atoms with Crippen LogP contribution in [0.3, 0.4) is 0 Å². The lowest BCUT2D eigenvalue weighted by atomic mass is 9.92. The number of aromatic nitrogens is 1. The molecule has 8 heteroatoms. The minimum atomic E-state index is -4.45. The van der Waals surface area contributed by atoms with E-state index in [2.05, 4.69) is 15.6 Å². The van der Waals surface area contributed by atoms with Crippen LogP contribution in [0.1, 0.15) is 30.4 Å². The summed E-state index contributed by atoms with van der Waals surface area (Å²) in [6, 6.07) is 8.08. The first kappa shape index (κ1) is 19.7. The highest BCUT2D eigenvalue weighted by molar-refractivity contribution is 5.82. The third kappa shape index (κ3) is 4.37. The maximum Gasteiger partial charge on any atom is 0.416 e. The Kier molecular flexibility index (Phi) is 5.21. The summed E-state index contributed by atoms with van der Waals surface area (Å²) >= 11 is 0. The number of benzene rings is 1. The molecule has 2 N–H and O–H groups in total. The first-order valence-electron chi connectivity index (χ1n) is 9.65. The Bertz CT molecular complexity index is 895. The molecule has 1 spiro atoms. The summed E-state index contributed by atoms with van der Waals surface area (Å²) < 4.78 is 44.3. The Morgan fingerprint density at radius 2 is 2.03 bits per heavy atom. The largest absolute Gasteiger partial charge is 0.439 e. The molecule has 1 amide bonds. The maximum absolute atomic E-state index is 12.9. The van der Waals surface area contributed by atoms with Gasteiger partial charge in [0.2, 0.25) is 11.8 Å². The normalized spacial score (nSPS) is 20.3. The smallest absolute Gasteiger partial charge is 0.416 e. The molecular formula is C21H22F3N3O2. The van der Waals surface area contributed by atoms with Crippen molar-refractivity contribution < 1.29 is 22.7 Å². The van der Waals surface area contributed by atoms with Crippen LogP contribution in [-0.4, -0.2) is 24.0 Å². The van der Waals surface area contributed by atoms with E-state index < -0.39 is 11.7 Å². The molecule has 2 aliphatic rings. The van der Waals surface area contributed by atoms with Crippen LogP contribution in [0.4, 0.5) is 13.2 Å². The van der Waals surface area contributed by atoms with E-state index in [0.29, 0.717) is 5.56 Å². The lowest BCUT2D eigenvalue weighted by Gasteiger charge is -2.23. The van der Waals surface area contributed by atoms with Crippen LogP contribution < -0.4 is 15.4 Å². The third-order valence-corrected chi connectivity index (χ3v) is 5.78. The number of rotatable bonds is 5. The predicted octanol–water partition coefficient (Wildman–Crippen LogP) is 3.90. The zero-order valence-electron chi connectivity index (χ0n) is 15.8. The number of ether oxygens (including phenoxy) is 1. The fourth-order valence-electron chi connectivity index (χ4n) is 4.00. The molecule has 2 fully saturated rings. The predicted molar refractivity (Wildman–Crippen MR) is 100 cm³/mol. The van der Waals surface area contributed by atoms with Crippen molar-refractivity contribution in [3.8, 4) is 11.6 Å². The van der Waals surface area contributed by atoms with Gasteiger partial charge in [-0.15, -0.1) is 0 Å². The van der Waals surface area contributed by atoms with Crippen molar-refractivity contribution in [3.05, 3.63) is 53.7 Å². The molecule has 1 atom stereocenters. The number of piperidine rings is 1. The lowest BCUT2D eigenvalue weighted by Crippen LogP contribution is -2.33. The van der Waals surface area contributed by atoms with Gasteiger partial charge in [-0.05, 0) is 62.0 Å². The molecule has 2 heterocycles. The van der Waals surface area contributed by atoms with Gasteiger partial charge in [-0.3, -0.25) is 4.79 Å². The Balaban J connectivity index is 1.41. The van der Waals surface area contributed by atoms with Crippen molar-refractivity contribution in [2.45, 2.75) is 32.0 Å². The minimum absolute atomic E-state index is 0.0146. The van der Waals surface area contributed by atoms with E-state index in [0.717, 1.165) is 44.5 Å². The van der Waals surface area contributed by atoms with E-state index >= 15 is 0 Å². The van der Waals surface area contributed by atoms with E-state index in [4.69, 9.17) is 4.74 Å². The standard InChI is InChI=1S/C21H22F3N3O2/c22-21(23,24)15-4-1-5-16(11-15)29-19-14(3-2-8-26-19)13-27-18(28)17-12-20(17)6-9-25-10-7-20/h1-5,8,11,17,25H,6-7,9-10,12-13H2,(H,27,28). The maximum atomic E-state index is 12.9. The fraction of sp³-hybridized carbons (Fsp3) is 0.429. The average Bonchev–Trinajstić information content (AvgIpc) is 3.40. The van der Waals surface area contributed by atoms with Gasteiger partial charge in [-0.25, -0.2) is 4.98 Å². The van der Waals surface area contributed by atoms with Crippen molar-refractivity contribution in [2.24, 2.45) is 11.3 Å². The van der Waals surface area contributed by atoms with Gasteiger partial charge in [0.1, 0.15) is 5.75 Å². The van der Waals surface area contributed by atoms with Crippen LogP contribution >= 0.6 is 0 Å². The first-order chi connectivity index (χ1) is 13.9. The molecule has 1 aromatic heterocycles. The molecule has 1 aliphatic carbocycles. The number of hydrogen-bond donors (Lipinski definition) is 2. The zero-order valence-corrected chi connectivity index (χ0v) is 15.8. The molecular weight excluding hydrogens is 383 g/mol. The average molecular weight is 405 g/mol. The molecule has 5 nitrogen and oxygen atoms in total. The van der Waals surface area contributed by atoms with Crippen molar-refractivity contribution >= 4 is 5.91 Å². The van der Waals surface area contributed by atoms with Gasteiger partial charge < -0.3 is 15.4 Å². The van der Waals surface area contributed by atoms with Crippen LogP contribution in [-0.2, 0) is 17.5 Å². The third-order valence-electron chi connectivity index (χ3n) is 5.78. The number of carbonyl (C=O) groups is 1. The molecule has 154 valence electrons. The lowest BCUT2D eigenvalue weighted by molar-refractivity contribution is -0.137. The number of alkyl halides is 3. The Morgan fingerprint density at radius 1 is 1.24 bits per heavy atom. The topological polar surface area (TPSA) is 63.2 Å². The monoisotopic (exact) mass is 405 g/mol. The van der Waals surface area contributed by atoms with Gasteiger partial charge >= 0.3 is 6.18 Å². The first-order valence-corrected chi connectivity index (χ1v) is 9.65. The van der Waals surface area contributed by atoms with Crippen molar-refractivity contribution in [1.29, 1.82) is 0 Å². The van der Waals surface area contributed by atoms with Crippen LogP contribution in [0.5, 0.6) is 11.6 Å². The highest BCUT2D eigenvalue weighted by Gasteiger charge is 2.57. The van der Waals surface area contributed by atoms with E-state index in [1.807, 2.05) is 0 Å². The van der Waals surface area contributed by atoms with Crippen molar-refractivity contribution in [3.63, 3.8) is 0 Å². The summed E-state index contributed by atoms with van der Waals surface area (Å²) in [6.07, 6.45) is -0.000749. The molecule has 1 unspecified atom stereocenters. The number of nitrogens with zero attached hydrogens (tertiary/aromatic N) is 1. The van der Waals surface area contributed by atoms with Gasteiger partial charge in [0.15, 0.2) is 0 Å². The molecule has 2 aromatic rings. The van der Waals surface area contributed by atoms with Crippen LogP contribution in [0.2, 0.25) is 0 Å². The molecule has 4 rings (SSSR count). The molecule has 1 saturated heterocycles. The molecule has 0 bridgehead atoms. The van der Waals surface area contributed by atoms with Gasteiger partial charge in [0, 0.05) is 24.2 Å². The van der Waals surface area contributed by atoms with Crippen LogP contribution in [0, 0.1) is 11.3 Å². The number of pyridine rings is 1. The molecule has 0 radical (unpaired) electrons. The number of amides is 1. The van der Waals surface area contributed by atoms with Crippen LogP contribution in [0.15, 0.2) is 42.6 Å². The van der Waals surface area contributed by atoms with Crippen molar-refractivity contribution in [2.75, 3.05) is 13.1 Å². The number of nitrogens with one attached hydrogen (secondary N) is 2. The number of hydrogen-bond acceptors (Lipinski definition) is 4. The van der Waals surface area contributed by atoms with E-state index in [-0.39, 0.29) is 35.4 Å². The van der Waals surface area contributed by atoms with Gasteiger partial charge in [-0.2, -0.15) is 13.2 Å². The quantitative estimate of drug-likeness (QED) is 0.792. The SMILES string of the molecule is O=C(NCc1cccnc1Oc1cccc(C(F)(F)F)c1)C1CC12CCNCC2. The zero-order chi connectivity index (χ0) is 20.5. The molecule has 1 saturated carbocycles. The molecule has 1 aromatic carbocycles. The van der Waals surface area contributed by atoms with E-state index in [9.17, 15) is 18.0 Å². The van der Waals surface area contributed by atoms with Gasteiger partial charge in [-0.1, -0.05) is 12.1 Å². The molecule has 29 heavy (non-hydrogen) atoms. The Hall–Kier alpha value is -2.61. The summed E-state index contributed by atoms with van der Waals surface area (Å²) in [4.78, 5) is 16.7. The summed E-state index contributed by atoms with van der Waals surface area (Å²) in [5.74, 6) is 0.274. The van der Waals surface area contributed by atoms with Gasteiger partial charge in [0.25, 0.3) is 0 Å². The van der Waals surface area contributed by atoms with E-state index in [1.54, 1.807) is 12.1 Å². The molecule has 1 aliphatic heterocycles. The summed E-state index contributed by atoms with van der Waals surface area (Å²) in [6.45, 7) is 2.11. The number of carbonyl (C=O) groups excluding carboxylic acids is 1. The minimum Gasteiger partial charge on any atom is -0.439 e. The Labute approximate surface area is 166 Å². The highest BCUT2D eigenvalue weighted by Crippen LogP contribution is 2.58. The van der Waals surface area contributed by atoms with Crippen LogP contribution in [0.25, 0.3) is 0 Å². The summed E-state index contributed by atoms with van der Waals surface area (Å²) in [5, 5.41) is 6.25. The fourth-order valence-corrected chi connectivity index (χ4v) is 4.00. The van der Waals surface area contributed by atoms with E-state index in [1.165, 1.54) is 18.3 Å². The highest BCUT2D eigenvalue weighted by atomic mass is 19.4. The van der Waals surface area contributed by atoms with Crippen molar-refractivity contribution in [1.82, 2.24) is 15.6 Å². The summed E-state index contributed by atoms with van der Waals surface area (Å²) in [7, 11) is 0. The van der Waals surface area contributed by atoms with Gasteiger partial charge in [0.05, 0.1) is 5.56 Å². The second-order valence-electron chi connectivity index (χ2n) is 7.68. The second-order valence-corrected chi connectivity index (χ2v) is 7.68. The summed E-state index contributed by atoms with van der Waals surface area (Å²) in [5.41, 5.74) is -0.0400. The Morgan fingerprint density at radius 3 is 2.79 bits per heavy atom.